The summed E-state index contributed by atoms with van der Waals surface area (Å²) < 4.78 is 0. The number of nitrogens with one attached hydrogen (secondary N) is 1. The van der Waals surface area contributed by atoms with E-state index in [-0.39, 0.29) is 11.4 Å². The Morgan fingerprint density at radius 3 is 2.81 bits per heavy atom. The second kappa shape index (κ2) is 5.80. The van der Waals surface area contributed by atoms with Gasteiger partial charge >= 0.3 is 0 Å². The summed E-state index contributed by atoms with van der Waals surface area (Å²) in [5.41, 5.74) is 2.31. The van der Waals surface area contributed by atoms with Crippen LogP contribution in [0.3, 0.4) is 0 Å². The number of carbonyl (C=O) groups excluding carboxylic acids is 1. The molecular formula is C18H26N2O. The molecule has 3 rings (SSSR count). The van der Waals surface area contributed by atoms with E-state index in [1.807, 2.05) is 0 Å². The van der Waals surface area contributed by atoms with Crippen molar-refractivity contribution in [3.05, 3.63) is 35.4 Å². The average Bonchev–Trinajstić information content (AvgIpc) is 2.81. The molecule has 1 fully saturated rings. The summed E-state index contributed by atoms with van der Waals surface area (Å²) in [5.74, 6) is 0.920. The zero-order valence-corrected chi connectivity index (χ0v) is 13.2. The number of hydrogen-bond donors (Lipinski definition) is 1. The molecule has 1 aromatic carbocycles. The van der Waals surface area contributed by atoms with Gasteiger partial charge in [0.25, 0.3) is 0 Å². The smallest absolute Gasteiger partial charge is 0.241 e. The molecule has 114 valence electrons. The molecule has 2 aliphatic rings. The van der Waals surface area contributed by atoms with E-state index < -0.39 is 0 Å². The first kappa shape index (κ1) is 14.6. The van der Waals surface area contributed by atoms with E-state index in [1.165, 1.54) is 11.1 Å². The Morgan fingerprint density at radius 2 is 2.05 bits per heavy atom. The van der Waals surface area contributed by atoms with Gasteiger partial charge in [0.05, 0.1) is 0 Å². The maximum atomic E-state index is 12.8. The fraction of sp³-hybridized carbons (Fsp3) is 0.611. The SMILES string of the molecule is CC(C)CCN1CCCC12Cc1ccccc1CNC2=O. The van der Waals surface area contributed by atoms with Crippen LogP contribution >= 0.6 is 0 Å². The highest BCUT2D eigenvalue weighted by Crippen LogP contribution is 2.36. The van der Waals surface area contributed by atoms with E-state index in [9.17, 15) is 4.79 Å². The van der Waals surface area contributed by atoms with Crippen LogP contribution < -0.4 is 5.32 Å². The van der Waals surface area contributed by atoms with E-state index in [0.717, 1.165) is 38.8 Å². The third-order valence-electron chi connectivity index (χ3n) is 5.06. The Morgan fingerprint density at radius 1 is 1.29 bits per heavy atom. The van der Waals surface area contributed by atoms with Crippen LogP contribution in [0.1, 0.15) is 44.2 Å². The lowest BCUT2D eigenvalue weighted by molar-refractivity contribution is -0.132. The minimum atomic E-state index is -0.304. The zero-order chi connectivity index (χ0) is 14.9. The lowest BCUT2D eigenvalue weighted by Gasteiger charge is -2.36. The number of likely N-dealkylation sites (tertiary alicyclic amines) is 1. The van der Waals surface area contributed by atoms with Gasteiger partial charge in [0.15, 0.2) is 0 Å². The molecule has 0 aliphatic carbocycles. The van der Waals surface area contributed by atoms with Crippen LogP contribution in [0.15, 0.2) is 24.3 Å². The Bertz CT molecular complexity index is 526. The first-order chi connectivity index (χ1) is 10.1. The van der Waals surface area contributed by atoms with Crippen LogP contribution in [0.2, 0.25) is 0 Å². The number of benzene rings is 1. The van der Waals surface area contributed by atoms with Crippen LogP contribution in [0.5, 0.6) is 0 Å². The molecule has 3 heteroatoms. The van der Waals surface area contributed by atoms with Gasteiger partial charge in [-0.1, -0.05) is 38.1 Å². The number of amides is 1. The number of nitrogens with zero attached hydrogens (tertiary/aromatic N) is 1. The van der Waals surface area contributed by atoms with Gasteiger partial charge in [0.1, 0.15) is 5.54 Å². The first-order valence-electron chi connectivity index (χ1n) is 8.22. The lowest BCUT2D eigenvalue weighted by Crippen LogP contribution is -2.56. The van der Waals surface area contributed by atoms with Crippen molar-refractivity contribution in [2.75, 3.05) is 13.1 Å². The standard InChI is InChI=1S/C18H26N2O/c1-14(2)8-11-20-10-5-9-18(20)12-15-6-3-4-7-16(15)13-19-17(18)21/h3-4,6-7,14H,5,8-13H2,1-2H3,(H,19,21). The molecule has 0 aromatic heterocycles. The Kier molecular flexibility index (Phi) is 4.03. The topological polar surface area (TPSA) is 32.3 Å². The minimum Gasteiger partial charge on any atom is -0.350 e. The van der Waals surface area contributed by atoms with Gasteiger partial charge in [-0.05, 0) is 49.4 Å². The third kappa shape index (κ3) is 2.71. The molecule has 2 aliphatic heterocycles. The summed E-state index contributed by atoms with van der Waals surface area (Å²) in [6, 6.07) is 8.49. The molecule has 1 unspecified atom stereocenters. The van der Waals surface area contributed by atoms with E-state index in [1.54, 1.807) is 0 Å². The fourth-order valence-electron chi connectivity index (χ4n) is 3.77. The molecular weight excluding hydrogens is 260 g/mol. The van der Waals surface area contributed by atoms with E-state index in [4.69, 9.17) is 0 Å². The molecule has 1 amide bonds. The van der Waals surface area contributed by atoms with Crippen LogP contribution in [0.25, 0.3) is 0 Å². The number of carbonyl (C=O) groups is 1. The van der Waals surface area contributed by atoms with Crippen molar-refractivity contribution in [2.45, 2.75) is 51.6 Å². The minimum absolute atomic E-state index is 0.236. The lowest BCUT2D eigenvalue weighted by atomic mass is 9.86. The molecule has 1 atom stereocenters. The highest BCUT2D eigenvalue weighted by atomic mass is 16.2. The molecule has 0 bridgehead atoms. The summed E-state index contributed by atoms with van der Waals surface area (Å²) in [5, 5.41) is 3.17. The molecule has 2 heterocycles. The number of fused-ring (bicyclic) bond motifs is 1. The van der Waals surface area contributed by atoms with E-state index in [0.29, 0.717) is 12.5 Å². The maximum Gasteiger partial charge on any atom is 0.241 e. The number of rotatable bonds is 3. The van der Waals surface area contributed by atoms with Crippen molar-refractivity contribution in [1.29, 1.82) is 0 Å². The van der Waals surface area contributed by atoms with Crippen molar-refractivity contribution >= 4 is 5.91 Å². The van der Waals surface area contributed by atoms with Gasteiger partial charge in [-0.3, -0.25) is 9.69 Å². The van der Waals surface area contributed by atoms with Crippen LogP contribution in [-0.4, -0.2) is 29.4 Å². The number of hydrogen-bond acceptors (Lipinski definition) is 2. The summed E-state index contributed by atoms with van der Waals surface area (Å²) in [7, 11) is 0. The second-order valence-corrected chi connectivity index (χ2v) is 6.93. The Balaban J connectivity index is 1.88. The third-order valence-corrected chi connectivity index (χ3v) is 5.06. The summed E-state index contributed by atoms with van der Waals surface area (Å²) >= 11 is 0. The molecule has 1 aromatic rings. The van der Waals surface area contributed by atoms with Gasteiger partial charge in [-0.25, -0.2) is 0 Å². The largest absolute Gasteiger partial charge is 0.350 e. The van der Waals surface area contributed by atoms with Gasteiger partial charge in [-0.15, -0.1) is 0 Å². The Labute approximate surface area is 127 Å². The van der Waals surface area contributed by atoms with Crippen molar-refractivity contribution in [2.24, 2.45) is 5.92 Å². The van der Waals surface area contributed by atoms with Crippen LogP contribution in [0.4, 0.5) is 0 Å². The molecule has 21 heavy (non-hydrogen) atoms. The summed E-state index contributed by atoms with van der Waals surface area (Å²) in [6.07, 6.45) is 4.16. The molecule has 0 radical (unpaired) electrons. The molecule has 3 nitrogen and oxygen atoms in total. The zero-order valence-electron chi connectivity index (χ0n) is 13.2. The van der Waals surface area contributed by atoms with E-state index >= 15 is 0 Å². The van der Waals surface area contributed by atoms with Crippen molar-refractivity contribution in [3.63, 3.8) is 0 Å². The highest BCUT2D eigenvalue weighted by Gasteiger charge is 2.48. The van der Waals surface area contributed by atoms with Crippen LogP contribution in [0, 0.1) is 5.92 Å². The second-order valence-electron chi connectivity index (χ2n) is 6.93. The maximum absolute atomic E-state index is 12.8. The first-order valence-corrected chi connectivity index (χ1v) is 8.22. The Hall–Kier alpha value is -1.35. The monoisotopic (exact) mass is 286 g/mol. The van der Waals surface area contributed by atoms with Crippen molar-refractivity contribution < 1.29 is 4.79 Å². The summed E-state index contributed by atoms with van der Waals surface area (Å²) in [6.45, 7) is 7.28. The molecule has 1 saturated heterocycles. The predicted octanol–water partition coefficient (Wildman–Crippen LogP) is 2.74. The van der Waals surface area contributed by atoms with Gasteiger partial charge in [0.2, 0.25) is 5.91 Å². The van der Waals surface area contributed by atoms with Gasteiger partial charge in [-0.2, -0.15) is 0 Å². The fourth-order valence-corrected chi connectivity index (χ4v) is 3.77. The highest BCUT2D eigenvalue weighted by molar-refractivity contribution is 5.87. The van der Waals surface area contributed by atoms with Gasteiger partial charge < -0.3 is 5.32 Å². The van der Waals surface area contributed by atoms with Crippen molar-refractivity contribution in [3.8, 4) is 0 Å². The predicted molar refractivity (Wildman–Crippen MR) is 85.0 cm³/mol. The van der Waals surface area contributed by atoms with Crippen molar-refractivity contribution in [1.82, 2.24) is 10.2 Å². The molecule has 1 N–H and O–H groups in total. The van der Waals surface area contributed by atoms with E-state index in [2.05, 4.69) is 48.3 Å². The summed E-state index contributed by atoms with van der Waals surface area (Å²) in [4.78, 5) is 15.3. The molecule has 0 saturated carbocycles. The van der Waals surface area contributed by atoms with Gasteiger partial charge in [0, 0.05) is 13.0 Å². The average molecular weight is 286 g/mol. The van der Waals surface area contributed by atoms with Crippen LogP contribution in [-0.2, 0) is 17.8 Å². The molecule has 1 spiro atoms. The quantitative estimate of drug-likeness (QED) is 0.926. The normalized spacial score (nSPS) is 26.0.